The second-order valence-corrected chi connectivity index (χ2v) is 5.72. The summed E-state index contributed by atoms with van der Waals surface area (Å²) in [6.07, 6.45) is 0. The summed E-state index contributed by atoms with van der Waals surface area (Å²) in [7, 11) is 1.41. The molecule has 21 heavy (non-hydrogen) atoms. The van der Waals surface area contributed by atoms with Crippen LogP contribution in [0.2, 0.25) is 0 Å². The summed E-state index contributed by atoms with van der Waals surface area (Å²) in [6, 6.07) is 7.54. The average Bonchev–Trinajstić information content (AvgIpc) is 2.81. The number of methoxy groups -OCH3 is 1. The van der Waals surface area contributed by atoms with Crippen molar-refractivity contribution >= 4 is 16.9 Å². The molecule has 0 saturated heterocycles. The van der Waals surface area contributed by atoms with E-state index in [0.717, 1.165) is 22.3 Å². The molecule has 1 heterocycles. The van der Waals surface area contributed by atoms with Crippen LogP contribution in [-0.2, 0) is 9.53 Å². The van der Waals surface area contributed by atoms with Crippen molar-refractivity contribution in [2.75, 3.05) is 7.11 Å². The monoisotopic (exact) mass is 289 g/mol. The van der Waals surface area contributed by atoms with Gasteiger partial charge < -0.3 is 9.15 Å². The molecule has 2 aromatic rings. The molecule has 0 aliphatic rings. The molecule has 0 amide bonds. The van der Waals surface area contributed by atoms with E-state index in [1.54, 1.807) is 0 Å². The van der Waals surface area contributed by atoms with Gasteiger partial charge >= 0.3 is 5.97 Å². The lowest BCUT2D eigenvalue weighted by atomic mass is 10.0. The Bertz CT molecular complexity index is 630. The maximum atomic E-state index is 11.9. The van der Waals surface area contributed by atoms with E-state index in [1.165, 1.54) is 7.11 Å². The molecule has 1 aromatic carbocycles. The van der Waals surface area contributed by atoms with E-state index in [4.69, 9.17) is 9.15 Å². The van der Waals surface area contributed by atoms with E-state index < -0.39 is 0 Å². The van der Waals surface area contributed by atoms with Gasteiger partial charge in [0.1, 0.15) is 17.4 Å². The van der Waals surface area contributed by atoms with Crippen LogP contribution in [-0.4, -0.2) is 19.1 Å². The zero-order chi connectivity index (χ0) is 15.6. The van der Waals surface area contributed by atoms with Crippen molar-refractivity contribution in [3.8, 4) is 0 Å². The molecule has 4 nitrogen and oxygen atoms in total. The molecule has 1 unspecified atom stereocenters. The summed E-state index contributed by atoms with van der Waals surface area (Å²) in [4.78, 5) is 11.9. The quantitative estimate of drug-likeness (QED) is 0.855. The third-order valence-electron chi connectivity index (χ3n) is 3.83. The van der Waals surface area contributed by atoms with Gasteiger partial charge in [0.15, 0.2) is 0 Å². The Kier molecular flexibility index (Phi) is 4.68. The van der Waals surface area contributed by atoms with Crippen LogP contribution in [0.3, 0.4) is 0 Å². The van der Waals surface area contributed by atoms with Gasteiger partial charge in [-0.05, 0) is 31.4 Å². The highest BCUT2D eigenvalue weighted by Crippen LogP contribution is 2.29. The highest BCUT2D eigenvalue weighted by atomic mass is 16.5. The van der Waals surface area contributed by atoms with Crippen molar-refractivity contribution in [2.24, 2.45) is 5.92 Å². The van der Waals surface area contributed by atoms with Crippen LogP contribution in [0, 0.1) is 12.8 Å². The van der Waals surface area contributed by atoms with Crippen LogP contribution in [0.25, 0.3) is 11.0 Å². The van der Waals surface area contributed by atoms with Crippen LogP contribution in [0.1, 0.15) is 38.1 Å². The van der Waals surface area contributed by atoms with Crippen LogP contribution in [0.4, 0.5) is 0 Å². The van der Waals surface area contributed by atoms with Gasteiger partial charge in [0.05, 0.1) is 13.2 Å². The number of hydrogen-bond donors (Lipinski definition) is 1. The molecular weight excluding hydrogens is 266 g/mol. The second-order valence-electron chi connectivity index (χ2n) is 5.72. The van der Waals surface area contributed by atoms with Gasteiger partial charge in [-0.1, -0.05) is 32.0 Å². The highest BCUT2D eigenvalue weighted by Gasteiger charge is 2.27. The minimum Gasteiger partial charge on any atom is -0.468 e. The van der Waals surface area contributed by atoms with Crippen molar-refractivity contribution in [3.63, 3.8) is 0 Å². The predicted molar refractivity (Wildman–Crippen MR) is 83.1 cm³/mol. The highest BCUT2D eigenvalue weighted by molar-refractivity contribution is 5.82. The first kappa shape index (κ1) is 15.6. The first-order valence-corrected chi connectivity index (χ1v) is 7.27. The number of nitrogens with one attached hydrogen (secondary N) is 1. The standard InChI is InChI=1S/C17H23NO3/c1-10(2)15(17(19)20-5)18-12(4)16-11(3)13-8-6-7-9-14(13)21-16/h6-10,12,15,18H,1-5H3/t12?,15-/m0/s1. The first-order valence-electron chi connectivity index (χ1n) is 7.27. The van der Waals surface area contributed by atoms with Crippen molar-refractivity contribution in [1.82, 2.24) is 5.32 Å². The zero-order valence-electron chi connectivity index (χ0n) is 13.3. The summed E-state index contributed by atoms with van der Waals surface area (Å²) in [5.74, 6) is 0.765. The molecule has 0 aliphatic carbocycles. The number of carbonyl (C=O) groups is 1. The third-order valence-corrected chi connectivity index (χ3v) is 3.83. The van der Waals surface area contributed by atoms with Gasteiger partial charge in [0, 0.05) is 5.39 Å². The third kappa shape index (κ3) is 3.10. The van der Waals surface area contributed by atoms with Crippen molar-refractivity contribution in [1.29, 1.82) is 0 Å². The van der Waals surface area contributed by atoms with Crippen molar-refractivity contribution in [2.45, 2.75) is 39.8 Å². The molecule has 1 aromatic heterocycles. The summed E-state index contributed by atoms with van der Waals surface area (Å²) < 4.78 is 10.8. The van der Waals surface area contributed by atoms with Gasteiger partial charge in [-0.3, -0.25) is 10.1 Å². The number of aryl methyl sites for hydroxylation is 1. The van der Waals surface area contributed by atoms with E-state index in [0.29, 0.717) is 0 Å². The Morgan fingerprint density at radius 3 is 2.48 bits per heavy atom. The lowest BCUT2D eigenvalue weighted by Crippen LogP contribution is -2.43. The topological polar surface area (TPSA) is 51.5 Å². The van der Waals surface area contributed by atoms with E-state index in [1.807, 2.05) is 52.0 Å². The fourth-order valence-electron chi connectivity index (χ4n) is 2.61. The largest absolute Gasteiger partial charge is 0.468 e. The molecule has 0 radical (unpaired) electrons. The Morgan fingerprint density at radius 2 is 1.90 bits per heavy atom. The fourth-order valence-corrected chi connectivity index (χ4v) is 2.61. The Hall–Kier alpha value is -1.81. The number of benzene rings is 1. The Labute approximate surface area is 125 Å². The fraction of sp³-hybridized carbons (Fsp3) is 0.471. The Balaban J connectivity index is 2.27. The number of fused-ring (bicyclic) bond motifs is 1. The summed E-state index contributed by atoms with van der Waals surface area (Å²) in [5.41, 5.74) is 1.98. The molecule has 4 heteroatoms. The smallest absolute Gasteiger partial charge is 0.323 e. The lowest BCUT2D eigenvalue weighted by Gasteiger charge is -2.23. The van der Waals surface area contributed by atoms with E-state index in [9.17, 15) is 4.79 Å². The summed E-state index contributed by atoms with van der Waals surface area (Å²) in [6.45, 7) is 8.03. The number of carbonyl (C=O) groups excluding carboxylic acids is 1. The zero-order valence-corrected chi connectivity index (χ0v) is 13.3. The lowest BCUT2D eigenvalue weighted by molar-refractivity contribution is -0.144. The molecule has 1 N–H and O–H groups in total. The number of para-hydroxylation sites is 1. The SMILES string of the molecule is COC(=O)[C@@H](NC(C)c1oc2ccccc2c1C)C(C)C. The minimum atomic E-state index is -0.349. The van der Waals surface area contributed by atoms with Crippen molar-refractivity contribution in [3.05, 3.63) is 35.6 Å². The van der Waals surface area contributed by atoms with Gasteiger partial charge in [0.2, 0.25) is 0 Å². The average molecular weight is 289 g/mol. The molecule has 0 bridgehead atoms. The van der Waals surface area contributed by atoms with E-state index >= 15 is 0 Å². The molecule has 0 aliphatic heterocycles. The minimum absolute atomic E-state index is 0.0658. The van der Waals surface area contributed by atoms with Crippen LogP contribution in [0.15, 0.2) is 28.7 Å². The number of esters is 1. The van der Waals surface area contributed by atoms with Crippen LogP contribution >= 0.6 is 0 Å². The van der Waals surface area contributed by atoms with Crippen LogP contribution in [0.5, 0.6) is 0 Å². The van der Waals surface area contributed by atoms with Gasteiger partial charge in [-0.15, -0.1) is 0 Å². The van der Waals surface area contributed by atoms with Crippen molar-refractivity contribution < 1.29 is 13.9 Å². The van der Waals surface area contributed by atoms with Gasteiger partial charge in [-0.25, -0.2) is 0 Å². The predicted octanol–water partition coefficient (Wildman–Crippen LogP) is 3.59. The molecule has 0 saturated carbocycles. The van der Waals surface area contributed by atoms with Gasteiger partial charge in [0.25, 0.3) is 0 Å². The first-order chi connectivity index (χ1) is 9.95. The molecule has 0 fully saturated rings. The number of rotatable bonds is 5. The van der Waals surface area contributed by atoms with E-state index in [-0.39, 0.29) is 24.0 Å². The summed E-state index contributed by atoms with van der Waals surface area (Å²) in [5, 5.41) is 4.43. The number of furan rings is 1. The normalized spacial score (nSPS) is 14.4. The molecular formula is C17H23NO3. The maximum Gasteiger partial charge on any atom is 0.323 e. The number of hydrogen-bond acceptors (Lipinski definition) is 4. The molecule has 2 rings (SSSR count). The van der Waals surface area contributed by atoms with Gasteiger partial charge in [-0.2, -0.15) is 0 Å². The van der Waals surface area contributed by atoms with Crippen LogP contribution < -0.4 is 5.32 Å². The molecule has 2 atom stereocenters. The van der Waals surface area contributed by atoms with E-state index in [2.05, 4.69) is 5.32 Å². The summed E-state index contributed by atoms with van der Waals surface area (Å²) >= 11 is 0. The molecule has 0 spiro atoms. The molecule has 114 valence electrons. The second kappa shape index (κ2) is 6.31. The maximum absolute atomic E-state index is 11.9. The number of ether oxygens (including phenoxy) is 1. The Morgan fingerprint density at radius 1 is 1.24 bits per heavy atom.